The van der Waals surface area contributed by atoms with E-state index in [2.05, 4.69) is 45.8 Å². The third kappa shape index (κ3) is 13.1. The van der Waals surface area contributed by atoms with Crippen LogP contribution in [0, 0.1) is 31.1 Å². The number of Topliss-reactive ketones (excluding diaryl/α,β-unsaturated/α-hetero) is 1. The maximum atomic E-state index is 14.1. The number of aryl methyl sites for hydroxylation is 2. The molecular weight excluding hydrogens is 941 g/mol. The van der Waals surface area contributed by atoms with Crippen molar-refractivity contribution in [2.24, 2.45) is 17.3 Å². The van der Waals surface area contributed by atoms with Crippen molar-refractivity contribution in [1.82, 2.24) is 49.9 Å². The Morgan fingerprint density at radius 2 is 1.60 bits per heavy atom. The number of fused-ring (bicyclic) bond motifs is 1. The largest absolute Gasteiger partial charge is 0.393 e. The van der Waals surface area contributed by atoms with E-state index in [1.165, 1.54) is 6.20 Å². The molecule has 1 unspecified atom stereocenters. The number of amides is 3. The van der Waals surface area contributed by atoms with Gasteiger partial charge in [-0.1, -0.05) is 51.1 Å². The van der Waals surface area contributed by atoms with Crippen molar-refractivity contribution in [3.63, 3.8) is 0 Å². The third-order valence-corrected chi connectivity index (χ3v) is 13.9. The Bertz CT molecular complexity index is 2780. The van der Waals surface area contributed by atoms with Crippen LogP contribution in [0.4, 0.5) is 11.6 Å². The first-order chi connectivity index (χ1) is 34.7. The molecule has 3 amide bonds. The Hall–Kier alpha value is -6.49. The molecule has 2 fully saturated rings. The molecule has 6 aromatic rings. The standard InChI is InChI=1S/C51H64N12O8S/c1-33-7-12-41(53-28-33)63-42(57-50(68)40-30-56-62-14-6-13-52-48(40)62)27-43(59-63)61-17-15-60(16-18-61)19-20-69-21-22-70-23-24-71-31-44(65)58-47(51(3,4)5)45(66)38-25-37(64)26-39(38)49(67)54-29-35-8-10-36(11-9-35)46-34(2)55-32-72-46/h6-14,27-28,30,32,37-39,47,64H,15-26,29,31H2,1-5H3,(H,54,67)(H,57,68)(H,58,65)/t37-,38?,39+,47+/m0/s1. The quantitative estimate of drug-likeness (QED) is 0.0696. The van der Waals surface area contributed by atoms with E-state index in [1.807, 2.05) is 82.6 Å². The third-order valence-electron chi connectivity index (χ3n) is 12.9. The summed E-state index contributed by atoms with van der Waals surface area (Å²) in [5, 5.41) is 28.6. The molecule has 1 saturated heterocycles. The second kappa shape index (κ2) is 23.8. The molecule has 1 aliphatic carbocycles. The fourth-order valence-corrected chi connectivity index (χ4v) is 9.77. The van der Waals surface area contributed by atoms with Crippen molar-refractivity contribution < 1.29 is 38.5 Å². The number of carbonyl (C=O) groups is 4. The molecule has 2 aliphatic rings. The summed E-state index contributed by atoms with van der Waals surface area (Å²) >= 11 is 1.58. The first-order valence-corrected chi connectivity index (χ1v) is 25.2. The zero-order valence-electron chi connectivity index (χ0n) is 41.5. The van der Waals surface area contributed by atoms with Crippen molar-refractivity contribution in [3.8, 4) is 16.3 Å². The average Bonchev–Trinajstić information content (AvgIpc) is 4.19. The van der Waals surface area contributed by atoms with Gasteiger partial charge in [-0.15, -0.1) is 16.4 Å². The summed E-state index contributed by atoms with van der Waals surface area (Å²) < 4.78 is 20.3. The molecule has 0 spiro atoms. The number of hydrogen-bond donors (Lipinski definition) is 4. The highest BCUT2D eigenvalue weighted by Crippen LogP contribution is 2.37. The number of nitrogens with zero attached hydrogens (tertiary/aromatic N) is 9. The lowest BCUT2D eigenvalue weighted by Gasteiger charge is -2.34. The number of rotatable bonds is 22. The lowest BCUT2D eigenvalue weighted by atomic mass is 9.77. The number of piperazine rings is 1. The summed E-state index contributed by atoms with van der Waals surface area (Å²) in [6.07, 6.45) is 6.13. The first-order valence-electron chi connectivity index (χ1n) is 24.3. The molecule has 4 N–H and O–H groups in total. The summed E-state index contributed by atoms with van der Waals surface area (Å²) in [4.78, 5) is 72.9. The van der Waals surface area contributed by atoms with Crippen LogP contribution >= 0.6 is 11.3 Å². The number of hydrogen-bond acceptors (Lipinski definition) is 16. The van der Waals surface area contributed by atoms with Crippen LogP contribution in [0.15, 0.2) is 78.8 Å². The Balaban J connectivity index is 0.709. The molecule has 1 aromatic carbocycles. The van der Waals surface area contributed by atoms with E-state index in [-0.39, 0.29) is 56.8 Å². The molecule has 0 bridgehead atoms. The van der Waals surface area contributed by atoms with Crippen molar-refractivity contribution in [2.75, 3.05) is 82.6 Å². The lowest BCUT2D eigenvalue weighted by Crippen LogP contribution is -2.53. The van der Waals surface area contributed by atoms with Crippen LogP contribution in [0.2, 0.25) is 0 Å². The minimum Gasteiger partial charge on any atom is -0.393 e. The van der Waals surface area contributed by atoms with Crippen LogP contribution in [0.1, 0.15) is 60.8 Å². The van der Waals surface area contributed by atoms with Gasteiger partial charge in [0.15, 0.2) is 23.1 Å². The second-order valence-electron chi connectivity index (χ2n) is 19.3. The highest BCUT2D eigenvalue weighted by molar-refractivity contribution is 7.13. The van der Waals surface area contributed by atoms with Crippen LogP contribution in [-0.2, 0) is 35.1 Å². The van der Waals surface area contributed by atoms with E-state index in [9.17, 15) is 24.3 Å². The Morgan fingerprint density at radius 3 is 2.31 bits per heavy atom. The van der Waals surface area contributed by atoms with Gasteiger partial charge in [0, 0.05) is 69.8 Å². The van der Waals surface area contributed by atoms with Crippen molar-refractivity contribution in [2.45, 2.75) is 66.2 Å². The van der Waals surface area contributed by atoms with Gasteiger partial charge in [0.1, 0.15) is 18.0 Å². The Labute approximate surface area is 422 Å². The minimum absolute atomic E-state index is 0.148. The van der Waals surface area contributed by atoms with E-state index in [0.29, 0.717) is 42.7 Å². The molecule has 1 aliphatic heterocycles. The van der Waals surface area contributed by atoms with Crippen LogP contribution in [0.3, 0.4) is 0 Å². The summed E-state index contributed by atoms with van der Waals surface area (Å²) in [6, 6.07) is 14.4. The fraction of sp³-hybridized carbons (Fsp3) is 0.471. The molecular formula is C51H64N12O8S. The average molecular weight is 1010 g/mol. The van der Waals surface area contributed by atoms with Crippen molar-refractivity contribution in [3.05, 3.63) is 101 Å². The molecule has 0 radical (unpaired) electrons. The van der Waals surface area contributed by atoms with E-state index >= 15 is 0 Å². The number of anilines is 2. The molecule has 8 rings (SSSR count). The Morgan fingerprint density at radius 1 is 0.861 bits per heavy atom. The summed E-state index contributed by atoms with van der Waals surface area (Å²) in [5.41, 5.74) is 5.89. The monoisotopic (exact) mass is 1000 g/mol. The van der Waals surface area contributed by atoms with E-state index in [4.69, 9.17) is 19.3 Å². The van der Waals surface area contributed by atoms with Gasteiger partial charge in [-0.25, -0.2) is 19.5 Å². The molecule has 4 atom stereocenters. The molecule has 382 valence electrons. The number of aliphatic hydroxyl groups excluding tert-OH is 1. The van der Waals surface area contributed by atoms with Crippen LogP contribution in [0.5, 0.6) is 0 Å². The van der Waals surface area contributed by atoms with Crippen molar-refractivity contribution >= 4 is 52.1 Å². The number of pyridine rings is 1. The fourth-order valence-electron chi connectivity index (χ4n) is 8.96. The Kier molecular flexibility index (Phi) is 17.2. The number of carbonyl (C=O) groups excluding carboxylic acids is 4. The highest BCUT2D eigenvalue weighted by atomic mass is 32.1. The number of ether oxygens (including phenoxy) is 3. The number of aliphatic hydroxyl groups is 1. The first kappa shape index (κ1) is 51.9. The van der Waals surface area contributed by atoms with E-state index in [1.54, 1.807) is 45.2 Å². The molecule has 6 heterocycles. The lowest BCUT2D eigenvalue weighted by molar-refractivity contribution is -0.138. The number of benzene rings is 1. The highest BCUT2D eigenvalue weighted by Gasteiger charge is 2.46. The van der Waals surface area contributed by atoms with Crippen LogP contribution in [0.25, 0.3) is 21.9 Å². The van der Waals surface area contributed by atoms with Gasteiger partial charge in [0.2, 0.25) is 11.8 Å². The van der Waals surface area contributed by atoms with Gasteiger partial charge in [-0.2, -0.15) is 9.78 Å². The number of ketones is 1. The summed E-state index contributed by atoms with van der Waals surface area (Å²) in [6.45, 7) is 15.0. The number of nitrogens with one attached hydrogen (secondary N) is 3. The van der Waals surface area contributed by atoms with Crippen LogP contribution in [-0.4, -0.2) is 152 Å². The van der Waals surface area contributed by atoms with E-state index in [0.717, 1.165) is 65.8 Å². The number of thiazole rings is 1. The molecule has 72 heavy (non-hydrogen) atoms. The normalized spacial score (nSPS) is 17.8. The molecule has 21 heteroatoms. The van der Waals surface area contributed by atoms with Gasteiger partial charge < -0.3 is 40.2 Å². The SMILES string of the molecule is Cc1ccc(-n2nc(N3CCN(CCOCCOCCOCC(=O)N[C@H](C(=O)C4C[C@H](O)C[C@H]4C(=O)NCc4ccc(-c5scnc5C)cc4)C(C)(C)C)CC3)cc2NC(=O)c2cnn3cccnc23)nc1. The predicted octanol–water partition coefficient (Wildman–Crippen LogP) is 4.28. The summed E-state index contributed by atoms with van der Waals surface area (Å²) in [7, 11) is 0. The van der Waals surface area contributed by atoms with Gasteiger partial charge in [-0.3, -0.25) is 24.1 Å². The van der Waals surface area contributed by atoms with Gasteiger partial charge in [0.05, 0.1) is 73.4 Å². The summed E-state index contributed by atoms with van der Waals surface area (Å²) in [5.74, 6) is -1.08. The minimum atomic E-state index is -0.894. The molecule has 20 nitrogen and oxygen atoms in total. The zero-order valence-corrected chi connectivity index (χ0v) is 42.3. The topological polar surface area (TPSA) is 233 Å². The molecule has 5 aromatic heterocycles. The predicted molar refractivity (Wildman–Crippen MR) is 271 cm³/mol. The smallest absolute Gasteiger partial charge is 0.262 e. The van der Waals surface area contributed by atoms with Crippen LogP contribution < -0.4 is 20.9 Å². The second-order valence-corrected chi connectivity index (χ2v) is 20.1. The molecule has 1 saturated carbocycles. The van der Waals surface area contributed by atoms with Gasteiger partial charge in [0.25, 0.3) is 5.91 Å². The van der Waals surface area contributed by atoms with Gasteiger partial charge >= 0.3 is 0 Å². The number of aromatic nitrogens is 7. The maximum Gasteiger partial charge on any atom is 0.262 e. The van der Waals surface area contributed by atoms with E-state index < -0.39 is 35.3 Å². The maximum absolute atomic E-state index is 14.1. The zero-order chi connectivity index (χ0) is 50.8. The van der Waals surface area contributed by atoms with Gasteiger partial charge in [-0.05, 0) is 60.9 Å². The van der Waals surface area contributed by atoms with Crippen molar-refractivity contribution in [1.29, 1.82) is 0 Å².